The smallest absolute Gasteiger partial charge is 0.408 e. The van der Waals surface area contributed by atoms with E-state index in [1.54, 1.807) is 4.90 Å². The van der Waals surface area contributed by atoms with Crippen molar-refractivity contribution in [1.29, 1.82) is 0 Å². The van der Waals surface area contributed by atoms with Crippen LogP contribution in [0, 0.1) is 0 Å². The Bertz CT molecular complexity index is 465. The summed E-state index contributed by atoms with van der Waals surface area (Å²) in [5.74, 6) is 0. The molecule has 0 radical (unpaired) electrons. The van der Waals surface area contributed by atoms with Gasteiger partial charge >= 0.3 is 6.09 Å². The third-order valence-corrected chi connectivity index (χ3v) is 4.30. The lowest BCUT2D eigenvalue weighted by molar-refractivity contribution is 0.0251. The summed E-state index contributed by atoms with van der Waals surface area (Å²) < 4.78 is 0. The molecule has 20 heavy (non-hydrogen) atoms. The number of rotatable bonds is 1. The molecule has 108 valence electrons. The Kier molecular flexibility index (Phi) is 3.78. The topological polar surface area (TPSA) is 55.8 Å². The molecule has 2 aliphatic rings. The van der Waals surface area contributed by atoms with Crippen LogP contribution in [0.2, 0.25) is 0 Å². The van der Waals surface area contributed by atoms with E-state index < -0.39 is 6.09 Å². The molecule has 2 heterocycles. The maximum atomic E-state index is 11.4. The number of para-hydroxylation sites is 1. The van der Waals surface area contributed by atoms with Crippen molar-refractivity contribution in [3.63, 3.8) is 0 Å². The number of nitrogens with one attached hydrogen (secondary N) is 1. The summed E-state index contributed by atoms with van der Waals surface area (Å²) >= 11 is 0. The van der Waals surface area contributed by atoms with Crippen LogP contribution in [0.5, 0.6) is 0 Å². The minimum atomic E-state index is -0.795. The van der Waals surface area contributed by atoms with Crippen molar-refractivity contribution in [1.82, 2.24) is 9.80 Å². The average molecular weight is 275 g/mol. The molecule has 0 aromatic heterocycles. The van der Waals surface area contributed by atoms with E-state index in [1.807, 2.05) is 6.07 Å². The summed E-state index contributed by atoms with van der Waals surface area (Å²) in [7, 11) is 0. The summed E-state index contributed by atoms with van der Waals surface area (Å²) in [6.45, 7) is 2.27. The van der Waals surface area contributed by atoms with Gasteiger partial charge in [0.15, 0.2) is 0 Å². The van der Waals surface area contributed by atoms with Crippen LogP contribution in [-0.2, 0) is 6.42 Å². The molecule has 5 nitrogen and oxygen atoms in total. The molecule has 5 heteroatoms. The Morgan fingerprint density at radius 2 is 2.10 bits per heavy atom. The minimum absolute atomic E-state index is 0.0167. The summed E-state index contributed by atoms with van der Waals surface area (Å²) in [4.78, 5) is 15.2. The van der Waals surface area contributed by atoms with Gasteiger partial charge in [0.1, 0.15) is 0 Å². The van der Waals surface area contributed by atoms with E-state index in [0.717, 1.165) is 32.2 Å². The zero-order valence-corrected chi connectivity index (χ0v) is 11.6. The molecule has 3 rings (SSSR count). The van der Waals surface area contributed by atoms with Crippen molar-refractivity contribution in [2.24, 2.45) is 0 Å². The number of benzene rings is 1. The molecule has 1 atom stereocenters. The van der Waals surface area contributed by atoms with Crippen LogP contribution in [0.15, 0.2) is 24.3 Å². The molecule has 1 saturated heterocycles. The number of piperidine rings is 1. The normalized spacial score (nSPS) is 23.6. The Balaban J connectivity index is 1.73. The van der Waals surface area contributed by atoms with E-state index in [9.17, 15) is 9.90 Å². The molecule has 1 fully saturated rings. The Hall–Kier alpha value is -1.75. The number of hydrogen-bond acceptors (Lipinski definition) is 3. The highest BCUT2D eigenvalue weighted by molar-refractivity contribution is 5.65. The maximum absolute atomic E-state index is 11.4. The van der Waals surface area contributed by atoms with Crippen molar-refractivity contribution in [3.05, 3.63) is 29.8 Å². The first-order valence-corrected chi connectivity index (χ1v) is 7.31. The lowest BCUT2D eigenvalue weighted by atomic mass is 10.1. The quantitative estimate of drug-likeness (QED) is 0.826. The predicted molar refractivity (Wildman–Crippen MR) is 77.7 cm³/mol. The monoisotopic (exact) mass is 275 g/mol. The highest BCUT2D eigenvalue weighted by Gasteiger charge is 2.31. The van der Waals surface area contributed by atoms with Gasteiger partial charge in [-0.05, 0) is 37.3 Å². The van der Waals surface area contributed by atoms with Gasteiger partial charge in [-0.1, -0.05) is 18.2 Å². The minimum Gasteiger partial charge on any atom is -0.465 e. The fraction of sp³-hybridized carbons (Fsp3) is 0.533. The number of nitrogens with zero attached hydrogens (tertiary/aromatic N) is 2. The number of likely N-dealkylation sites (tertiary alicyclic amines) is 1. The lowest BCUT2D eigenvalue weighted by Gasteiger charge is -2.40. The van der Waals surface area contributed by atoms with Gasteiger partial charge < -0.3 is 10.4 Å². The lowest BCUT2D eigenvalue weighted by Crippen LogP contribution is -2.54. The molecule has 0 aliphatic carbocycles. The van der Waals surface area contributed by atoms with Crippen LogP contribution in [0.1, 0.15) is 24.8 Å². The largest absolute Gasteiger partial charge is 0.465 e. The SMILES string of the molecule is O=C(O)N1CCCCC1N1CCc2ccccc2NC1. The van der Waals surface area contributed by atoms with Crippen molar-refractivity contribution in [2.75, 3.05) is 25.1 Å². The maximum Gasteiger partial charge on any atom is 0.408 e. The first-order valence-electron chi connectivity index (χ1n) is 7.31. The van der Waals surface area contributed by atoms with Crippen molar-refractivity contribution < 1.29 is 9.90 Å². The van der Waals surface area contributed by atoms with E-state index >= 15 is 0 Å². The van der Waals surface area contributed by atoms with Crippen LogP contribution in [0.4, 0.5) is 10.5 Å². The third kappa shape index (κ3) is 2.58. The third-order valence-electron chi connectivity index (χ3n) is 4.30. The molecule has 0 bridgehead atoms. The molecule has 0 spiro atoms. The van der Waals surface area contributed by atoms with Gasteiger partial charge in [0.2, 0.25) is 0 Å². The number of amides is 1. The molecular weight excluding hydrogens is 254 g/mol. The van der Waals surface area contributed by atoms with Crippen LogP contribution >= 0.6 is 0 Å². The summed E-state index contributed by atoms with van der Waals surface area (Å²) in [6.07, 6.45) is 3.21. The molecule has 2 N–H and O–H groups in total. The number of hydrogen-bond donors (Lipinski definition) is 2. The fourth-order valence-corrected chi connectivity index (χ4v) is 3.21. The van der Waals surface area contributed by atoms with Crippen molar-refractivity contribution >= 4 is 11.8 Å². The molecular formula is C15H21N3O2. The van der Waals surface area contributed by atoms with E-state index in [2.05, 4.69) is 28.4 Å². The number of anilines is 1. The van der Waals surface area contributed by atoms with Crippen molar-refractivity contribution in [3.8, 4) is 0 Å². The standard InChI is InChI=1S/C15H21N3O2/c19-15(20)18-9-4-3-7-14(18)17-10-8-12-5-1-2-6-13(12)16-11-17/h1-2,5-6,14,16H,3-4,7-11H2,(H,19,20). The number of carboxylic acid groups (broad SMARTS) is 1. The Labute approximate surface area is 119 Å². The zero-order valence-electron chi connectivity index (χ0n) is 11.6. The van der Waals surface area contributed by atoms with Crippen LogP contribution in [0.3, 0.4) is 0 Å². The Morgan fingerprint density at radius 1 is 1.25 bits per heavy atom. The highest BCUT2D eigenvalue weighted by atomic mass is 16.4. The van der Waals surface area contributed by atoms with E-state index in [4.69, 9.17) is 0 Å². The van der Waals surface area contributed by atoms with E-state index in [1.165, 1.54) is 11.3 Å². The van der Waals surface area contributed by atoms with Crippen molar-refractivity contribution in [2.45, 2.75) is 31.8 Å². The van der Waals surface area contributed by atoms with Crippen LogP contribution in [0.25, 0.3) is 0 Å². The van der Waals surface area contributed by atoms with E-state index in [0.29, 0.717) is 13.2 Å². The second kappa shape index (κ2) is 5.71. The van der Waals surface area contributed by atoms with Gasteiger partial charge in [0.05, 0.1) is 12.8 Å². The molecule has 1 aromatic rings. The van der Waals surface area contributed by atoms with Gasteiger partial charge in [0, 0.05) is 18.8 Å². The molecule has 1 unspecified atom stereocenters. The summed E-state index contributed by atoms with van der Waals surface area (Å²) in [6, 6.07) is 8.32. The fourth-order valence-electron chi connectivity index (χ4n) is 3.21. The van der Waals surface area contributed by atoms with Gasteiger partial charge in [-0.2, -0.15) is 0 Å². The summed E-state index contributed by atoms with van der Waals surface area (Å²) in [5, 5.41) is 12.8. The molecule has 2 aliphatic heterocycles. The molecule has 0 saturated carbocycles. The Morgan fingerprint density at radius 3 is 2.95 bits per heavy atom. The summed E-state index contributed by atoms with van der Waals surface area (Å²) in [5.41, 5.74) is 2.49. The van der Waals surface area contributed by atoms with E-state index in [-0.39, 0.29) is 6.17 Å². The second-order valence-corrected chi connectivity index (χ2v) is 5.51. The van der Waals surface area contributed by atoms with Gasteiger partial charge in [-0.15, -0.1) is 0 Å². The molecule has 1 amide bonds. The highest BCUT2D eigenvalue weighted by Crippen LogP contribution is 2.24. The molecule has 1 aromatic carbocycles. The van der Waals surface area contributed by atoms with Gasteiger partial charge in [-0.25, -0.2) is 4.79 Å². The van der Waals surface area contributed by atoms with Gasteiger partial charge in [0.25, 0.3) is 0 Å². The first-order chi connectivity index (χ1) is 9.75. The number of fused-ring (bicyclic) bond motifs is 1. The van der Waals surface area contributed by atoms with Gasteiger partial charge in [-0.3, -0.25) is 9.80 Å². The average Bonchev–Trinajstić information content (AvgIpc) is 2.70. The second-order valence-electron chi connectivity index (χ2n) is 5.51. The zero-order chi connectivity index (χ0) is 13.9. The predicted octanol–water partition coefficient (Wildman–Crippen LogP) is 2.40. The first kappa shape index (κ1) is 13.2. The number of carbonyl (C=O) groups is 1. The van der Waals surface area contributed by atoms with Crippen LogP contribution in [-0.4, -0.2) is 46.9 Å². The van der Waals surface area contributed by atoms with Crippen LogP contribution < -0.4 is 5.32 Å².